The molecule has 0 radical (unpaired) electrons. The SMILES string of the molecule is COc1cc(Br)c(O)c(C2(CN)CCC2)c1OC. The topological polar surface area (TPSA) is 64.7 Å². The molecule has 0 spiro atoms. The summed E-state index contributed by atoms with van der Waals surface area (Å²) < 4.78 is 11.3. The molecule has 0 amide bonds. The second kappa shape index (κ2) is 4.97. The first-order valence-corrected chi connectivity index (χ1v) is 6.73. The maximum absolute atomic E-state index is 10.3. The fourth-order valence-corrected chi connectivity index (χ4v) is 3.01. The van der Waals surface area contributed by atoms with Crippen molar-refractivity contribution >= 4 is 15.9 Å². The molecule has 0 unspecified atom stereocenters. The quantitative estimate of drug-likeness (QED) is 0.896. The Labute approximate surface area is 115 Å². The molecule has 1 aromatic rings. The van der Waals surface area contributed by atoms with E-state index in [1.54, 1.807) is 20.3 Å². The van der Waals surface area contributed by atoms with E-state index in [0.29, 0.717) is 22.5 Å². The van der Waals surface area contributed by atoms with Crippen LogP contribution in [0.2, 0.25) is 0 Å². The van der Waals surface area contributed by atoms with Gasteiger partial charge in [-0.15, -0.1) is 0 Å². The summed E-state index contributed by atoms with van der Waals surface area (Å²) in [5.41, 5.74) is 6.49. The normalized spacial score (nSPS) is 17.1. The van der Waals surface area contributed by atoms with Crippen LogP contribution in [0, 0.1) is 0 Å². The zero-order valence-electron chi connectivity index (χ0n) is 10.6. The zero-order valence-corrected chi connectivity index (χ0v) is 12.2. The Morgan fingerprint density at radius 2 is 2.06 bits per heavy atom. The molecule has 100 valence electrons. The van der Waals surface area contributed by atoms with Crippen LogP contribution in [0.1, 0.15) is 24.8 Å². The smallest absolute Gasteiger partial charge is 0.168 e. The molecule has 0 aliphatic heterocycles. The number of methoxy groups -OCH3 is 2. The van der Waals surface area contributed by atoms with Gasteiger partial charge in [-0.1, -0.05) is 6.42 Å². The molecule has 3 N–H and O–H groups in total. The van der Waals surface area contributed by atoms with Crippen LogP contribution >= 0.6 is 15.9 Å². The van der Waals surface area contributed by atoms with Crippen molar-refractivity contribution < 1.29 is 14.6 Å². The summed E-state index contributed by atoms with van der Waals surface area (Å²) in [7, 11) is 3.17. The summed E-state index contributed by atoms with van der Waals surface area (Å²) >= 11 is 3.35. The van der Waals surface area contributed by atoms with E-state index in [-0.39, 0.29) is 11.2 Å². The molecule has 4 nitrogen and oxygen atoms in total. The number of hydrogen-bond acceptors (Lipinski definition) is 4. The number of phenolic OH excluding ortho intramolecular Hbond substituents is 1. The van der Waals surface area contributed by atoms with Crippen molar-refractivity contribution in [2.75, 3.05) is 20.8 Å². The van der Waals surface area contributed by atoms with Gasteiger partial charge in [0.05, 0.1) is 18.7 Å². The Hall–Kier alpha value is -0.940. The number of ether oxygens (including phenoxy) is 2. The van der Waals surface area contributed by atoms with Crippen LogP contribution in [-0.2, 0) is 5.41 Å². The summed E-state index contributed by atoms with van der Waals surface area (Å²) in [5.74, 6) is 1.40. The van der Waals surface area contributed by atoms with E-state index >= 15 is 0 Å². The van der Waals surface area contributed by atoms with Crippen LogP contribution in [0.25, 0.3) is 0 Å². The number of hydrogen-bond donors (Lipinski definition) is 2. The van der Waals surface area contributed by atoms with Gasteiger partial charge in [-0.3, -0.25) is 0 Å². The molecule has 0 heterocycles. The molecule has 1 fully saturated rings. The van der Waals surface area contributed by atoms with Crippen molar-refractivity contribution in [3.05, 3.63) is 16.1 Å². The largest absolute Gasteiger partial charge is 0.506 e. The van der Waals surface area contributed by atoms with Crippen LogP contribution in [0.15, 0.2) is 10.5 Å². The van der Waals surface area contributed by atoms with Crippen LogP contribution in [0.5, 0.6) is 17.2 Å². The van der Waals surface area contributed by atoms with Gasteiger partial charge in [-0.25, -0.2) is 0 Å². The second-order valence-corrected chi connectivity index (χ2v) is 5.51. The zero-order chi connectivity index (χ0) is 13.3. The van der Waals surface area contributed by atoms with Crippen molar-refractivity contribution in [3.8, 4) is 17.2 Å². The Kier molecular flexibility index (Phi) is 3.73. The van der Waals surface area contributed by atoms with Crippen LogP contribution in [0.3, 0.4) is 0 Å². The number of nitrogens with two attached hydrogens (primary N) is 1. The van der Waals surface area contributed by atoms with E-state index in [9.17, 15) is 5.11 Å². The molecule has 2 rings (SSSR count). The van der Waals surface area contributed by atoms with Gasteiger partial charge in [-0.05, 0) is 28.8 Å². The highest BCUT2D eigenvalue weighted by Crippen LogP contribution is 2.54. The first-order valence-electron chi connectivity index (χ1n) is 5.93. The third-order valence-corrected chi connectivity index (χ3v) is 4.43. The van der Waals surface area contributed by atoms with E-state index in [0.717, 1.165) is 24.8 Å². The van der Waals surface area contributed by atoms with Gasteiger partial charge in [0.15, 0.2) is 11.5 Å². The van der Waals surface area contributed by atoms with Gasteiger partial charge < -0.3 is 20.3 Å². The molecular formula is C13H18BrNO3. The fraction of sp³-hybridized carbons (Fsp3) is 0.538. The van der Waals surface area contributed by atoms with Gasteiger partial charge in [0, 0.05) is 23.6 Å². The molecule has 1 aliphatic rings. The summed E-state index contributed by atoms with van der Waals surface area (Å²) in [4.78, 5) is 0. The minimum Gasteiger partial charge on any atom is -0.506 e. The molecule has 1 saturated carbocycles. The summed E-state index contributed by atoms with van der Waals surface area (Å²) in [5, 5.41) is 10.3. The van der Waals surface area contributed by atoms with Gasteiger partial charge in [0.1, 0.15) is 5.75 Å². The Morgan fingerprint density at radius 3 is 2.44 bits per heavy atom. The van der Waals surface area contributed by atoms with E-state index in [4.69, 9.17) is 15.2 Å². The van der Waals surface area contributed by atoms with Gasteiger partial charge in [0.25, 0.3) is 0 Å². The van der Waals surface area contributed by atoms with E-state index in [1.807, 2.05) is 0 Å². The minimum atomic E-state index is -0.188. The standard InChI is InChI=1S/C13H18BrNO3/c1-17-9-6-8(14)11(16)10(12(9)18-2)13(7-15)4-3-5-13/h6,16H,3-5,7,15H2,1-2H3. The van der Waals surface area contributed by atoms with Crippen molar-refractivity contribution in [1.29, 1.82) is 0 Å². The number of rotatable bonds is 4. The minimum absolute atomic E-state index is 0.188. The first-order chi connectivity index (χ1) is 8.59. The molecule has 5 heteroatoms. The molecule has 0 saturated heterocycles. The molecule has 0 aromatic heterocycles. The van der Waals surface area contributed by atoms with Crippen molar-refractivity contribution in [2.24, 2.45) is 5.73 Å². The van der Waals surface area contributed by atoms with E-state index in [2.05, 4.69) is 15.9 Å². The van der Waals surface area contributed by atoms with Crippen molar-refractivity contribution in [2.45, 2.75) is 24.7 Å². The van der Waals surface area contributed by atoms with Crippen molar-refractivity contribution in [3.63, 3.8) is 0 Å². The van der Waals surface area contributed by atoms with Crippen LogP contribution < -0.4 is 15.2 Å². The predicted molar refractivity (Wildman–Crippen MR) is 73.5 cm³/mol. The van der Waals surface area contributed by atoms with Gasteiger partial charge >= 0.3 is 0 Å². The highest BCUT2D eigenvalue weighted by atomic mass is 79.9. The Balaban J connectivity index is 2.66. The van der Waals surface area contributed by atoms with Crippen LogP contribution in [-0.4, -0.2) is 25.9 Å². The Bertz CT molecular complexity index is 453. The number of benzene rings is 1. The van der Waals surface area contributed by atoms with Crippen LogP contribution in [0.4, 0.5) is 0 Å². The predicted octanol–water partition coefficient (Wildman–Crippen LogP) is 2.55. The molecule has 1 aromatic carbocycles. The molecule has 0 bridgehead atoms. The highest BCUT2D eigenvalue weighted by Gasteiger charge is 2.43. The molecule has 0 atom stereocenters. The maximum Gasteiger partial charge on any atom is 0.168 e. The fourth-order valence-electron chi connectivity index (χ4n) is 2.61. The van der Waals surface area contributed by atoms with E-state index < -0.39 is 0 Å². The average molecular weight is 316 g/mol. The average Bonchev–Trinajstić information content (AvgIpc) is 2.33. The first kappa shape index (κ1) is 13.5. The Morgan fingerprint density at radius 1 is 1.39 bits per heavy atom. The summed E-state index contributed by atoms with van der Waals surface area (Å²) in [6.45, 7) is 0.497. The van der Waals surface area contributed by atoms with E-state index in [1.165, 1.54) is 0 Å². The lowest BCUT2D eigenvalue weighted by Gasteiger charge is -2.42. The lowest BCUT2D eigenvalue weighted by molar-refractivity contribution is 0.231. The lowest BCUT2D eigenvalue weighted by atomic mass is 9.64. The molecule has 1 aliphatic carbocycles. The van der Waals surface area contributed by atoms with Gasteiger partial charge in [-0.2, -0.15) is 0 Å². The summed E-state index contributed by atoms with van der Waals surface area (Å²) in [6.07, 6.45) is 3.05. The number of halogens is 1. The number of aromatic hydroxyl groups is 1. The summed E-state index contributed by atoms with van der Waals surface area (Å²) in [6, 6.07) is 1.71. The van der Waals surface area contributed by atoms with Crippen molar-refractivity contribution in [1.82, 2.24) is 0 Å². The number of phenols is 1. The maximum atomic E-state index is 10.3. The molecule has 18 heavy (non-hydrogen) atoms. The lowest BCUT2D eigenvalue weighted by Crippen LogP contribution is -2.42. The monoisotopic (exact) mass is 315 g/mol. The second-order valence-electron chi connectivity index (χ2n) is 4.66. The van der Waals surface area contributed by atoms with Gasteiger partial charge in [0.2, 0.25) is 0 Å². The third-order valence-electron chi connectivity index (χ3n) is 3.83. The highest BCUT2D eigenvalue weighted by molar-refractivity contribution is 9.10. The third kappa shape index (κ3) is 1.86. The molecular weight excluding hydrogens is 298 g/mol.